The van der Waals surface area contributed by atoms with E-state index in [9.17, 15) is 19.6 Å². The third-order valence-electron chi connectivity index (χ3n) is 9.78. The van der Waals surface area contributed by atoms with Gasteiger partial charge in [-0.3, -0.25) is 19.4 Å². The van der Waals surface area contributed by atoms with Crippen molar-refractivity contribution in [2.24, 2.45) is 5.73 Å². The van der Waals surface area contributed by atoms with Crippen molar-refractivity contribution < 1.29 is 38.8 Å². The van der Waals surface area contributed by atoms with E-state index in [1.165, 1.54) is 6.20 Å². The summed E-state index contributed by atoms with van der Waals surface area (Å²) in [5.41, 5.74) is 14.6. The second kappa shape index (κ2) is 22.1. The Morgan fingerprint density at radius 1 is 0.750 bits per heavy atom. The normalized spacial score (nSPS) is 10.8. The summed E-state index contributed by atoms with van der Waals surface area (Å²) in [5.74, 6) is -1.00. The first kappa shape index (κ1) is 44.6. The fourth-order valence-corrected chi connectivity index (χ4v) is 6.84. The number of ether oxygens (including phenoxy) is 3. The second-order valence-corrected chi connectivity index (χ2v) is 14.5. The van der Waals surface area contributed by atoms with Gasteiger partial charge in [-0.15, -0.1) is 0 Å². The van der Waals surface area contributed by atoms with Crippen molar-refractivity contribution in [1.82, 2.24) is 15.6 Å². The van der Waals surface area contributed by atoms with E-state index >= 15 is 0 Å². The second-order valence-electron chi connectivity index (χ2n) is 14.1. The fourth-order valence-electron chi connectivity index (χ4n) is 6.60. The highest BCUT2D eigenvalue weighted by Gasteiger charge is 2.17. The van der Waals surface area contributed by atoms with Crippen molar-refractivity contribution in [3.05, 3.63) is 129 Å². The van der Waals surface area contributed by atoms with Crippen molar-refractivity contribution in [3.8, 4) is 45.6 Å². The Morgan fingerprint density at radius 2 is 1.43 bits per heavy atom. The standard InChI is InChI=1S/C46H48ClN5O8/c1-29-34(28-60-43-22-42(59-27-32-19-31(23-48)24-52-25-32)35(21-40(43)47)26-51-16-6-12-45(55)56)7-3-9-37(29)38-10-4-8-36(30(38)2)33-13-14-41(39(20-33)46(49)57)58-18-17-50-15-5-11-44(53)54/h3-4,7-10,13-14,19-22,24-25,50-51H,5-6,11-12,15-18,26-28H2,1-2H3,(H2,49,57)(H,53,54)(H,55,56). The van der Waals surface area contributed by atoms with Crippen molar-refractivity contribution >= 4 is 29.4 Å². The predicted octanol–water partition coefficient (Wildman–Crippen LogP) is 7.60. The third-order valence-corrected chi connectivity index (χ3v) is 10.1. The molecule has 0 atom stereocenters. The maximum Gasteiger partial charge on any atom is 0.303 e. The number of carbonyl (C=O) groups excluding carboxylic acids is 1. The van der Waals surface area contributed by atoms with Gasteiger partial charge in [-0.1, -0.05) is 54.1 Å². The van der Waals surface area contributed by atoms with Crippen molar-refractivity contribution in [1.29, 1.82) is 5.26 Å². The molecule has 0 unspecified atom stereocenters. The zero-order valence-corrected chi connectivity index (χ0v) is 34.3. The highest BCUT2D eigenvalue weighted by atomic mass is 35.5. The van der Waals surface area contributed by atoms with Gasteiger partial charge in [0.1, 0.15) is 43.1 Å². The molecule has 4 aromatic carbocycles. The van der Waals surface area contributed by atoms with Crippen molar-refractivity contribution in [2.45, 2.75) is 59.3 Å². The molecule has 0 aliphatic heterocycles. The van der Waals surface area contributed by atoms with Gasteiger partial charge >= 0.3 is 11.9 Å². The molecule has 0 saturated carbocycles. The molecule has 312 valence electrons. The lowest BCUT2D eigenvalue weighted by Crippen LogP contribution is -2.23. The van der Waals surface area contributed by atoms with Crippen LogP contribution in [0.15, 0.2) is 85.2 Å². The first-order valence-electron chi connectivity index (χ1n) is 19.5. The third kappa shape index (κ3) is 12.5. The van der Waals surface area contributed by atoms with Crippen LogP contribution in [-0.2, 0) is 29.3 Å². The highest BCUT2D eigenvalue weighted by Crippen LogP contribution is 2.37. The van der Waals surface area contributed by atoms with Crippen LogP contribution in [0.2, 0.25) is 5.02 Å². The number of nitriles is 1. The quantitative estimate of drug-likeness (QED) is 0.0404. The number of hydrogen-bond donors (Lipinski definition) is 5. The van der Waals surface area contributed by atoms with E-state index in [2.05, 4.69) is 33.8 Å². The summed E-state index contributed by atoms with van der Waals surface area (Å²) in [7, 11) is 0. The molecule has 14 heteroatoms. The number of aromatic nitrogens is 1. The zero-order chi connectivity index (χ0) is 43.0. The van der Waals surface area contributed by atoms with Gasteiger partial charge in [0.05, 0.1) is 16.1 Å². The zero-order valence-electron chi connectivity index (χ0n) is 33.6. The number of primary amides is 1. The number of benzene rings is 4. The molecule has 1 aromatic heterocycles. The lowest BCUT2D eigenvalue weighted by Gasteiger charge is -2.18. The molecule has 13 nitrogen and oxygen atoms in total. The molecule has 0 radical (unpaired) electrons. The van der Waals surface area contributed by atoms with Crippen LogP contribution in [0.4, 0.5) is 0 Å². The van der Waals surface area contributed by atoms with Gasteiger partial charge in [0.25, 0.3) is 5.91 Å². The first-order valence-corrected chi connectivity index (χ1v) is 19.9. The molecule has 0 bridgehead atoms. The van der Waals surface area contributed by atoms with Crippen LogP contribution in [0.25, 0.3) is 22.3 Å². The van der Waals surface area contributed by atoms with Gasteiger partial charge in [-0.05, 0) is 103 Å². The Kier molecular flexibility index (Phi) is 16.4. The molecule has 1 heterocycles. The average Bonchev–Trinajstić information content (AvgIpc) is 3.23. The molecule has 5 rings (SSSR count). The number of carboxylic acids is 2. The predicted molar refractivity (Wildman–Crippen MR) is 228 cm³/mol. The minimum Gasteiger partial charge on any atom is -0.491 e. The molecule has 0 aliphatic rings. The van der Waals surface area contributed by atoms with Gasteiger partial charge in [0.15, 0.2) is 0 Å². The monoisotopic (exact) mass is 833 g/mol. The van der Waals surface area contributed by atoms with E-state index in [0.29, 0.717) is 72.4 Å². The van der Waals surface area contributed by atoms with Gasteiger partial charge in [-0.25, -0.2) is 0 Å². The number of pyridine rings is 1. The number of nitrogens with two attached hydrogens (primary N) is 1. The molecule has 0 saturated heterocycles. The van der Waals surface area contributed by atoms with Gasteiger partial charge in [0.2, 0.25) is 0 Å². The smallest absolute Gasteiger partial charge is 0.303 e. The maximum absolute atomic E-state index is 12.5. The molecule has 0 aliphatic carbocycles. The molecule has 60 heavy (non-hydrogen) atoms. The number of carboxylic acid groups (broad SMARTS) is 2. The van der Waals surface area contributed by atoms with Crippen LogP contribution in [-0.4, -0.2) is 59.3 Å². The van der Waals surface area contributed by atoms with E-state index in [4.69, 9.17) is 41.8 Å². The van der Waals surface area contributed by atoms with Crippen LogP contribution in [0.3, 0.4) is 0 Å². The van der Waals surface area contributed by atoms with Gasteiger partial charge in [0, 0.05) is 55.5 Å². The molecular weight excluding hydrogens is 786 g/mol. The van der Waals surface area contributed by atoms with E-state index in [-0.39, 0.29) is 38.2 Å². The van der Waals surface area contributed by atoms with Crippen LogP contribution >= 0.6 is 11.6 Å². The number of hydrogen-bond acceptors (Lipinski definition) is 10. The lowest BCUT2D eigenvalue weighted by molar-refractivity contribution is -0.138. The van der Waals surface area contributed by atoms with Crippen LogP contribution in [0, 0.1) is 25.2 Å². The molecule has 5 aromatic rings. The number of rotatable bonds is 23. The summed E-state index contributed by atoms with van der Waals surface area (Å²) in [4.78, 5) is 38.3. The van der Waals surface area contributed by atoms with E-state index in [1.54, 1.807) is 36.5 Å². The number of halogens is 1. The van der Waals surface area contributed by atoms with Gasteiger partial charge in [-0.2, -0.15) is 5.26 Å². The highest BCUT2D eigenvalue weighted by molar-refractivity contribution is 6.32. The van der Waals surface area contributed by atoms with Crippen LogP contribution < -0.4 is 30.6 Å². The summed E-state index contributed by atoms with van der Waals surface area (Å²) in [6.45, 7) is 6.60. The van der Waals surface area contributed by atoms with Crippen molar-refractivity contribution in [2.75, 3.05) is 26.2 Å². The Balaban J connectivity index is 1.33. The Bertz CT molecular complexity index is 2360. The van der Waals surface area contributed by atoms with E-state index in [0.717, 1.165) is 44.5 Å². The Hall–Kier alpha value is -6.46. The van der Waals surface area contributed by atoms with Crippen LogP contribution in [0.1, 0.15) is 69.4 Å². The topological polar surface area (TPSA) is 206 Å². The molecule has 6 N–H and O–H groups in total. The van der Waals surface area contributed by atoms with E-state index < -0.39 is 17.8 Å². The Morgan fingerprint density at radius 3 is 2.15 bits per heavy atom. The largest absolute Gasteiger partial charge is 0.491 e. The number of amides is 1. The van der Waals surface area contributed by atoms with Crippen LogP contribution in [0.5, 0.6) is 17.2 Å². The number of nitrogens with one attached hydrogen (secondary N) is 2. The molecular formula is C46H48ClN5O8. The molecule has 1 amide bonds. The van der Waals surface area contributed by atoms with Gasteiger partial charge < -0.3 is 40.8 Å². The number of aliphatic carboxylic acids is 2. The summed E-state index contributed by atoms with van der Waals surface area (Å²) < 4.78 is 18.4. The summed E-state index contributed by atoms with van der Waals surface area (Å²) in [6, 6.07) is 24.7. The first-order chi connectivity index (χ1) is 28.9. The minimum absolute atomic E-state index is 0.0557. The Labute approximate surface area is 354 Å². The molecule has 0 spiro atoms. The summed E-state index contributed by atoms with van der Waals surface area (Å²) in [6.07, 6.45) is 4.23. The maximum atomic E-state index is 12.5. The summed E-state index contributed by atoms with van der Waals surface area (Å²) >= 11 is 6.78. The van der Waals surface area contributed by atoms with Crippen molar-refractivity contribution in [3.63, 3.8) is 0 Å². The number of carbonyl (C=O) groups is 3. The fraction of sp³-hybridized carbons (Fsp3) is 0.283. The lowest BCUT2D eigenvalue weighted by atomic mass is 9.89. The molecule has 0 fully saturated rings. The minimum atomic E-state index is -0.855. The number of nitrogens with zero attached hydrogens (tertiary/aromatic N) is 2. The summed E-state index contributed by atoms with van der Waals surface area (Å²) in [5, 5.41) is 33.9. The SMILES string of the molecule is Cc1c(COc2cc(OCc3cncc(C#N)c3)c(CNCCCC(=O)O)cc2Cl)cccc1-c1cccc(-c2ccc(OCCNCCCC(=O)O)c(C(N)=O)c2)c1C. The average molecular weight is 834 g/mol. The van der Waals surface area contributed by atoms with E-state index in [1.807, 2.05) is 44.2 Å².